The molecule has 2 aromatic heterocycles. The normalized spacial score (nSPS) is 24.3. The molecule has 10 heteroatoms. The summed E-state index contributed by atoms with van der Waals surface area (Å²) in [6, 6.07) is 6.65. The number of nitrogens with one attached hydrogen (secondary N) is 1. The zero-order valence-electron chi connectivity index (χ0n) is 18.7. The van der Waals surface area contributed by atoms with Gasteiger partial charge in [0.05, 0.1) is 23.6 Å². The first kappa shape index (κ1) is 24.7. The molecule has 1 amide bonds. The zero-order chi connectivity index (χ0) is 25.3. The Morgan fingerprint density at radius 1 is 1.11 bits per heavy atom. The summed E-state index contributed by atoms with van der Waals surface area (Å²) in [4.78, 5) is 20.8. The molecule has 2 heterocycles. The van der Waals surface area contributed by atoms with Crippen molar-refractivity contribution < 1.29 is 32.6 Å². The highest BCUT2D eigenvalue weighted by Gasteiger charge is 2.47. The smallest absolute Gasteiger partial charge is 0.274 e. The van der Waals surface area contributed by atoms with Crippen LogP contribution in [-0.2, 0) is 0 Å². The molecule has 0 bridgehead atoms. The average molecular weight is 489 g/mol. The van der Waals surface area contributed by atoms with Gasteiger partial charge in [0.2, 0.25) is 0 Å². The van der Waals surface area contributed by atoms with E-state index in [2.05, 4.69) is 15.3 Å². The van der Waals surface area contributed by atoms with E-state index >= 15 is 0 Å². The van der Waals surface area contributed by atoms with Crippen molar-refractivity contribution in [3.05, 3.63) is 77.5 Å². The summed E-state index contributed by atoms with van der Waals surface area (Å²) in [5, 5.41) is 23.4. The lowest BCUT2D eigenvalue weighted by Crippen LogP contribution is -2.53. The van der Waals surface area contributed by atoms with Crippen LogP contribution in [-0.4, -0.2) is 44.5 Å². The Labute approximate surface area is 198 Å². The van der Waals surface area contributed by atoms with E-state index in [0.29, 0.717) is 12.0 Å². The van der Waals surface area contributed by atoms with E-state index in [1.54, 1.807) is 13.0 Å². The van der Waals surface area contributed by atoms with Crippen molar-refractivity contribution in [2.75, 3.05) is 12.0 Å². The summed E-state index contributed by atoms with van der Waals surface area (Å²) < 4.78 is 56.1. The first-order valence-corrected chi connectivity index (χ1v) is 11.0. The second-order valence-corrected chi connectivity index (χ2v) is 8.75. The predicted molar refractivity (Wildman–Crippen MR) is 120 cm³/mol. The van der Waals surface area contributed by atoms with Gasteiger partial charge >= 0.3 is 0 Å². The summed E-state index contributed by atoms with van der Waals surface area (Å²) in [5.41, 5.74) is -2.59. The highest BCUT2D eigenvalue weighted by atomic mass is 19.1. The summed E-state index contributed by atoms with van der Waals surface area (Å²) in [6.45, 7) is 0.559. The molecule has 1 aromatic carbocycles. The Bertz CT molecular complexity index is 1220. The molecule has 184 valence electrons. The van der Waals surface area contributed by atoms with Crippen molar-refractivity contribution in [2.24, 2.45) is 5.92 Å². The molecule has 4 atom stereocenters. The van der Waals surface area contributed by atoms with Crippen molar-refractivity contribution >= 4 is 11.6 Å². The topological polar surface area (TPSA) is 95.3 Å². The van der Waals surface area contributed by atoms with Gasteiger partial charge in [-0.3, -0.25) is 9.78 Å². The Balaban J connectivity index is 1.62. The van der Waals surface area contributed by atoms with Crippen LogP contribution in [0.2, 0.25) is 0 Å². The van der Waals surface area contributed by atoms with Gasteiger partial charge in [-0.2, -0.15) is 0 Å². The molecular formula is C25H23F4N3O3. The minimum atomic E-state index is -1.84. The van der Waals surface area contributed by atoms with Crippen LogP contribution in [0.1, 0.15) is 41.7 Å². The minimum Gasteiger partial charge on any atom is -0.390 e. The van der Waals surface area contributed by atoms with E-state index in [0.717, 1.165) is 30.3 Å². The minimum absolute atomic E-state index is 0.0587. The fourth-order valence-electron chi connectivity index (χ4n) is 4.52. The van der Waals surface area contributed by atoms with E-state index in [-0.39, 0.29) is 23.7 Å². The molecule has 3 N–H and O–H groups in total. The summed E-state index contributed by atoms with van der Waals surface area (Å²) in [6.07, 6.45) is 1.96. The molecule has 6 nitrogen and oxygen atoms in total. The van der Waals surface area contributed by atoms with Gasteiger partial charge in [0, 0.05) is 6.20 Å². The number of halogens is 4. The van der Waals surface area contributed by atoms with Gasteiger partial charge in [0.1, 0.15) is 41.1 Å². The predicted octanol–water partition coefficient (Wildman–Crippen LogP) is 4.39. The Kier molecular flexibility index (Phi) is 6.86. The molecule has 1 aliphatic rings. The lowest BCUT2D eigenvalue weighted by Gasteiger charge is -2.43. The number of nitrogens with zero attached hydrogens (tertiary/aromatic N) is 2. The average Bonchev–Trinajstić information content (AvgIpc) is 2.83. The molecule has 0 saturated heterocycles. The molecule has 35 heavy (non-hydrogen) atoms. The van der Waals surface area contributed by atoms with Crippen molar-refractivity contribution in [2.45, 2.75) is 37.4 Å². The maximum atomic E-state index is 14.4. The SMILES string of the molecule is C[C@H]1C[C@@H](c2ccncc2NC(=O)c2ccc(F)c(-c3c(F)cccc3F)n2)C[C@@H](O)[C@@]1(O)CF. The van der Waals surface area contributed by atoms with Gasteiger partial charge in [-0.05, 0) is 60.6 Å². The van der Waals surface area contributed by atoms with E-state index < -0.39 is 58.9 Å². The van der Waals surface area contributed by atoms with Crippen LogP contribution in [0.3, 0.4) is 0 Å². The number of rotatable bonds is 5. The van der Waals surface area contributed by atoms with E-state index in [4.69, 9.17) is 0 Å². The number of aromatic nitrogens is 2. The molecular weight excluding hydrogens is 466 g/mol. The Morgan fingerprint density at radius 3 is 2.49 bits per heavy atom. The number of carbonyl (C=O) groups excluding carboxylic acids is 1. The molecule has 0 unspecified atom stereocenters. The summed E-state index contributed by atoms with van der Waals surface area (Å²) >= 11 is 0. The van der Waals surface area contributed by atoms with E-state index in [1.807, 2.05) is 0 Å². The maximum absolute atomic E-state index is 14.4. The van der Waals surface area contributed by atoms with Gasteiger partial charge < -0.3 is 15.5 Å². The Morgan fingerprint density at radius 2 is 1.83 bits per heavy atom. The van der Waals surface area contributed by atoms with E-state index in [9.17, 15) is 32.6 Å². The molecule has 4 rings (SSSR count). The van der Waals surface area contributed by atoms with Crippen LogP contribution in [0, 0.1) is 23.4 Å². The van der Waals surface area contributed by atoms with Gasteiger partial charge in [-0.15, -0.1) is 0 Å². The second kappa shape index (κ2) is 9.71. The molecule has 0 aliphatic heterocycles. The molecule has 1 fully saturated rings. The van der Waals surface area contributed by atoms with Crippen LogP contribution in [0.5, 0.6) is 0 Å². The number of benzene rings is 1. The van der Waals surface area contributed by atoms with Gasteiger partial charge in [0.25, 0.3) is 5.91 Å². The number of hydrogen-bond acceptors (Lipinski definition) is 5. The number of alkyl halides is 1. The lowest BCUT2D eigenvalue weighted by atomic mass is 9.68. The molecule has 0 radical (unpaired) electrons. The van der Waals surface area contributed by atoms with Crippen LogP contribution in [0.25, 0.3) is 11.3 Å². The first-order chi connectivity index (χ1) is 16.7. The molecule has 1 saturated carbocycles. The Hall–Kier alpha value is -3.37. The highest BCUT2D eigenvalue weighted by Crippen LogP contribution is 2.44. The first-order valence-electron chi connectivity index (χ1n) is 11.0. The standard InChI is InChI=1S/C25H23F4N3O3/c1-13-9-14(10-21(33)25(13,35)12-26)15-7-8-30-11-20(15)32-24(34)19-6-5-18(29)23(31-19)22-16(27)3-2-4-17(22)28/h2-8,11,13-14,21,33,35H,9-10,12H2,1H3,(H,32,34)/t13-,14+,21+,25+/m0/s1. The third-order valence-electron chi connectivity index (χ3n) is 6.61. The third kappa shape index (κ3) is 4.63. The lowest BCUT2D eigenvalue weighted by molar-refractivity contribution is -0.146. The van der Waals surface area contributed by atoms with Crippen molar-refractivity contribution in [1.82, 2.24) is 9.97 Å². The molecule has 1 aliphatic carbocycles. The number of aliphatic hydroxyl groups is 2. The third-order valence-corrected chi connectivity index (χ3v) is 6.61. The van der Waals surface area contributed by atoms with Crippen LogP contribution < -0.4 is 5.32 Å². The number of aliphatic hydroxyl groups excluding tert-OH is 1. The van der Waals surface area contributed by atoms with Crippen LogP contribution in [0.4, 0.5) is 23.2 Å². The monoisotopic (exact) mass is 489 g/mol. The van der Waals surface area contributed by atoms with Crippen LogP contribution in [0.15, 0.2) is 48.8 Å². The second-order valence-electron chi connectivity index (χ2n) is 8.75. The van der Waals surface area contributed by atoms with Crippen LogP contribution >= 0.6 is 0 Å². The summed E-state index contributed by atoms with van der Waals surface area (Å²) in [7, 11) is 0. The maximum Gasteiger partial charge on any atom is 0.274 e. The van der Waals surface area contributed by atoms with Crippen molar-refractivity contribution in [3.63, 3.8) is 0 Å². The zero-order valence-corrected chi connectivity index (χ0v) is 18.7. The number of amides is 1. The largest absolute Gasteiger partial charge is 0.390 e. The van der Waals surface area contributed by atoms with Gasteiger partial charge in [0.15, 0.2) is 0 Å². The number of hydrogen-bond donors (Lipinski definition) is 3. The fourth-order valence-corrected chi connectivity index (χ4v) is 4.52. The number of carbonyl (C=O) groups is 1. The van der Waals surface area contributed by atoms with Crippen molar-refractivity contribution in [3.8, 4) is 11.3 Å². The number of anilines is 1. The highest BCUT2D eigenvalue weighted by molar-refractivity contribution is 6.03. The quantitative estimate of drug-likeness (QED) is 0.462. The fraction of sp³-hybridized carbons (Fsp3) is 0.320. The molecule has 3 aromatic rings. The number of pyridine rings is 2. The van der Waals surface area contributed by atoms with Gasteiger partial charge in [-0.1, -0.05) is 13.0 Å². The molecule has 0 spiro atoms. The van der Waals surface area contributed by atoms with Crippen molar-refractivity contribution in [1.29, 1.82) is 0 Å². The summed E-state index contributed by atoms with van der Waals surface area (Å²) in [5.74, 6) is -4.71. The van der Waals surface area contributed by atoms with E-state index in [1.165, 1.54) is 12.4 Å². The van der Waals surface area contributed by atoms with Gasteiger partial charge in [-0.25, -0.2) is 22.5 Å².